The quantitative estimate of drug-likeness (QED) is 0.606. The summed E-state index contributed by atoms with van der Waals surface area (Å²) in [4.78, 5) is 26.3. The van der Waals surface area contributed by atoms with E-state index in [-0.39, 0.29) is 22.8 Å². The Balaban J connectivity index is 2.68. The fourth-order valence-electron chi connectivity index (χ4n) is 2.56. The van der Waals surface area contributed by atoms with Crippen molar-refractivity contribution in [1.82, 2.24) is 9.78 Å². The largest absolute Gasteiger partial charge is 0.416 e. The van der Waals surface area contributed by atoms with E-state index in [4.69, 9.17) is 34.8 Å². The summed E-state index contributed by atoms with van der Waals surface area (Å²) in [6, 6.07) is 1.21. The summed E-state index contributed by atoms with van der Waals surface area (Å²) in [7, 11) is 1.46. The number of hydrogen-bond donors (Lipinski definition) is 0. The molecule has 0 bridgehead atoms. The zero-order chi connectivity index (χ0) is 21.4. The Bertz CT molecular complexity index is 919. The monoisotopic (exact) mass is 455 g/mol. The number of amides is 2. The van der Waals surface area contributed by atoms with Crippen LogP contribution in [-0.4, -0.2) is 21.6 Å². The summed E-state index contributed by atoms with van der Waals surface area (Å²) >= 11 is 18.2. The Morgan fingerprint density at radius 2 is 1.68 bits per heavy atom. The van der Waals surface area contributed by atoms with Gasteiger partial charge in [0.15, 0.2) is 0 Å². The van der Waals surface area contributed by atoms with Gasteiger partial charge in [-0.1, -0.05) is 48.7 Å². The first-order valence-electron chi connectivity index (χ1n) is 8.08. The maximum atomic E-state index is 13.1. The molecule has 28 heavy (non-hydrogen) atoms. The predicted molar refractivity (Wildman–Crippen MR) is 101 cm³/mol. The van der Waals surface area contributed by atoms with Crippen LogP contribution in [0.15, 0.2) is 12.1 Å². The van der Waals surface area contributed by atoms with Gasteiger partial charge in [0.05, 0.1) is 32.0 Å². The Morgan fingerprint density at radius 3 is 2.07 bits per heavy atom. The molecule has 0 fully saturated rings. The third kappa shape index (κ3) is 4.14. The molecule has 2 rings (SSSR count). The van der Waals surface area contributed by atoms with Gasteiger partial charge >= 0.3 is 6.18 Å². The van der Waals surface area contributed by atoms with E-state index in [0.29, 0.717) is 29.1 Å². The number of carbonyl (C=O) groups is 2. The van der Waals surface area contributed by atoms with Crippen LogP contribution in [0.25, 0.3) is 0 Å². The second kappa shape index (κ2) is 8.31. The van der Waals surface area contributed by atoms with Gasteiger partial charge in [-0.05, 0) is 18.6 Å². The zero-order valence-electron chi connectivity index (χ0n) is 15.0. The molecule has 0 spiro atoms. The molecule has 5 nitrogen and oxygen atoms in total. The number of carbonyl (C=O) groups excluding carboxylic acids is 2. The molecule has 2 amide bonds. The minimum atomic E-state index is -4.70. The highest BCUT2D eigenvalue weighted by atomic mass is 35.5. The number of benzene rings is 1. The number of alkyl halides is 3. The van der Waals surface area contributed by atoms with Gasteiger partial charge < -0.3 is 0 Å². The van der Waals surface area contributed by atoms with Gasteiger partial charge in [0.25, 0.3) is 5.91 Å². The van der Waals surface area contributed by atoms with Crippen LogP contribution in [0, 0.1) is 0 Å². The van der Waals surface area contributed by atoms with Crippen LogP contribution < -0.4 is 4.90 Å². The molecule has 1 heterocycles. The van der Waals surface area contributed by atoms with Crippen LogP contribution in [0.4, 0.5) is 18.9 Å². The molecule has 0 unspecified atom stereocenters. The van der Waals surface area contributed by atoms with E-state index < -0.39 is 33.6 Å². The van der Waals surface area contributed by atoms with Crippen LogP contribution in [0.5, 0.6) is 0 Å². The molecule has 11 heteroatoms. The molecule has 1 aromatic heterocycles. The van der Waals surface area contributed by atoms with Gasteiger partial charge in [-0.25, -0.2) is 4.90 Å². The average Bonchev–Trinajstić information content (AvgIpc) is 2.89. The first kappa shape index (κ1) is 22.5. The lowest BCUT2D eigenvalue weighted by molar-refractivity contribution is -0.137. The smallest absolute Gasteiger partial charge is 0.274 e. The van der Waals surface area contributed by atoms with E-state index >= 15 is 0 Å². The minimum Gasteiger partial charge on any atom is -0.274 e. The Morgan fingerprint density at radius 1 is 1.14 bits per heavy atom. The maximum Gasteiger partial charge on any atom is 0.416 e. The van der Waals surface area contributed by atoms with E-state index in [2.05, 4.69) is 5.10 Å². The molecular formula is C17H15Cl3F3N3O2. The number of aryl methyl sites for hydroxylation is 2. The Labute approximate surface area is 174 Å². The predicted octanol–water partition coefficient (Wildman–Crippen LogP) is 5.54. The van der Waals surface area contributed by atoms with Crippen molar-refractivity contribution in [3.8, 4) is 0 Å². The number of rotatable bonds is 4. The summed E-state index contributed by atoms with van der Waals surface area (Å²) in [5.41, 5.74) is -1.12. The molecule has 0 aliphatic heterocycles. The number of hydrogen-bond acceptors (Lipinski definition) is 3. The van der Waals surface area contributed by atoms with Crippen molar-refractivity contribution >= 4 is 52.3 Å². The van der Waals surface area contributed by atoms with Crippen LogP contribution in [0.1, 0.15) is 42.0 Å². The number of imide groups is 1. The van der Waals surface area contributed by atoms with Crippen LogP contribution >= 0.6 is 34.8 Å². The second-order valence-electron chi connectivity index (χ2n) is 5.76. The molecule has 0 saturated carbocycles. The molecular weight excluding hydrogens is 442 g/mol. The molecule has 0 aliphatic rings. The molecule has 1 aromatic carbocycles. The molecule has 0 radical (unpaired) electrons. The van der Waals surface area contributed by atoms with Gasteiger partial charge in [0.2, 0.25) is 5.91 Å². The van der Waals surface area contributed by atoms with Crippen molar-refractivity contribution in [2.45, 2.75) is 32.9 Å². The fourth-order valence-corrected chi connectivity index (χ4v) is 3.59. The van der Waals surface area contributed by atoms with Crippen LogP contribution in [0.2, 0.25) is 15.1 Å². The summed E-state index contributed by atoms with van der Waals surface area (Å²) in [6.07, 6.45) is -4.39. The SMILES string of the molecule is CCC(=O)N(C(=O)c1c(Cl)c(CC)nn1C)c1c(Cl)cc(C(F)(F)F)cc1Cl. The van der Waals surface area contributed by atoms with Gasteiger partial charge in [0.1, 0.15) is 5.69 Å². The molecule has 0 aliphatic carbocycles. The van der Waals surface area contributed by atoms with E-state index in [1.807, 2.05) is 0 Å². The van der Waals surface area contributed by atoms with Gasteiger partial charge in [-0.2, -0.15) is 18.3 Å². The fraction of sp³-hybridized carbons (Fsp3) is 0.353. The van der Waals surface area contributed by atoms with E-state index in [9.17, 15) is 22.8 Å². The van der Waals surface area contributed by atoms with Gasteiger partial charge in [-0.3, -0.25) is 14.3 Å². The third-order valence-corrected chi connectivity index (χ3v) is 4.89. The lowest BCUT2D eigenvalue weighted by atomic mass is 10.1. The van der Waals surface area contributed by atoms with E-state index in [1.165, 1.54) is 18.7 Å². The first-order chi connectivity index (χ1) is 12.9. The summed E-state index contributed by atoms with van der Waals surface area (Å²) in [5, 5.41) is 3.17. The summed E-state index contributed by atoms with van der Waals surface area (Å²) in [5.74, 6) is -1.61. The summed E-state index contributed by atoms with van der Waals surface area (Å²) in [6.45, 7) is 3.26. The van der Waals surface area contributed by atoms with Crippen molar-refractivity contribution < 1.29 is 22.8 Å². The lowest BCUT2D eigenvalue weighted by Crippen LogP contribution is -2.38. The summed E-state index contributed by atoms with van der Waals surface area (Å²) < 4.78 is 40.1. The van der Waals surface area contributed by atoms with Gasteiger partial charge in [0, 0.05) is 13.5 Å². The third-order valence-electron chi connectivity index (χ3n) is 3.92. The normalized spacial score (nSPS) is 11.6. The van der Waals surface area contributed by atoms with Crippen molar-refractivity contribution in [2.75, 3.05) is 4.90 Å². The first-order valence-corrected chi connectivity index (χ1v) is 9.22. The highest BCUT2D eigenvalue weighted by molar-refractivity contribution is 6.43. The molecule has 2 aromatic rings. The number of halogens is 6. The topological polar surface area (TPSA) is 55.2 Å². The molecule has 0 saturated heterocycles. The van der Waals surface area contributed by atoms with E-state index in [0.717, 1.165) is 0 Å². The standard InChI is InChI=1S/C17H15Cl3F3N3O2/c1-4-11-13(20)15(25(3)24-11)16(28)26(12(27)5-2)14-9(18)6-8(7-10(14)19)17(21,22)23/h6-7H,4-5H2,1-3H3. The number of aromatic nitrogens is 2. The minimum absolute atomic E-state index is 0.0445. The molecule has 0 atom stereocenters. The van der Waals surface area contributed by atoms with Crippen molar-refractivity contribution in [2.24, 2.45) is 7.05 Å². The highest BCUT2D eigenvalue weighted by Gasteiger charge is 2.36. The highest BCUT2D eigenvalue weighted by Crippen LogP contribution is 2.41. The van der Waals surface area contributed by atoms with Crippen LogP contribution in [-0.2, 0) is 24.4 Å². The zero-order valence-corrected chi connectivity index (χ0v) is 17.3. The van der Waals surface area contributed by atoms with Crippen molar-refractivity contribution in [3.63, 3.8) is 0 Å². The molecule has 152 valence electrons. The Hall–Kier alpha value is -1.77. The van der Waals surface area contributed by atoms with Crippen molar-refractivity contribution in [3.05, 3.63) is 44.2 Å². The Kier molecular flexibility index (Phi) is 6.68. The maximum absolute atomic E-state index is 13.1. The number of nitrogens with zero attached hydrogens (tertiary/aromatic N) is 3. The average molecular weight is 457 g/mol. The molecule has 0 N–H and O–H groups in total. The van der Waals surface area contributed by atoms with E-state index in [1.54, 1.807) is 6.92 Å². The van der Waals surface area contributed by atoms with Crippen LogP contribution in [0.3, 0.4) is 0 Å². The van der Waals surface area contributed by atoms with Crippen molar-refractivity contribution in [1.29, 1.82) is 0 Å². The second-order valence-corrected chi connectivity index (χ2v) is 6.95. The lowest BCUT2D eigenvalue weighted by Gasteiger charge is -2.23. The van der Waals surface area contributed by atoms with Gasteiger partial charge in [-0.15, -0.1) is 0 Å². The number of anilines is 1.